The maximum Gasteiger partial charge on any atom is 0.358 e. The van der Waals surface area contributed by atoms with E-state index in [1.54, 1.807) is 0 Å². The highest BCUT2D eigenvalue weighted by atomic mass is 35.5. The molecule has 1 aromatic rings. The summed E-state index contributed by atoms with van der Waals surface area (Å²) in [4.78, 5) is 14.6. The molecule has 1 heterocycles. The number of methoxy groups -OCH3 is 1. The number of hydrogen-bond donors (Lipinski definition) is 1. The molecule has 4 nitrogen and oxygen atoms in total. The quantitative estimate of drug-likeness (QED) is 0.663. The van der Waals surface area contributed by atoms with E-state index in [2.05, 4.69) is 9.72 Å². The van der Waals surface area contributed by atoms with Gasteiger partial charge >= 0.3 is 5.97 Å². The lowest BCUT2D eigenvalue weighted by atomic mass is 10.2. The van der Waals surface area contributed by atoms with E-state index in [1.807, 2.05) is 0 Å². The van der Waals surface area contributed by atoms with Crippen molar-refractivity contribution in [2.75, 3.05) is 12.8 Å². The maximum atomic E-state index is 12.5. The van der Waals surface area contributed by atoms with Gasteiger partial charge in [-0.25, -0.2) is 18.6 Å². The minimum absolute atomic E-state index is 0.381. The third kappa shape index (κ3) is 2.17. The number of nitrogen functional groups attached to an aromatic ring is 1. The van der Waals surface area contributed by atoms with E-state index in [0.29, 0.717) is 0 Å². The van der Waals surface area contributed by atoms with Crippen molar-refractivity contribution in [2.24, 2.45) is 0 Å². The van der Waals surface area contributed by atoms with Crippen LogP contribution >= 0.6 is 23.2 Å². The molecule has 1 rings (SSSR count). The number of carbonyl (C=O) groups excluding carboxylic acids is 1. The van der Waals surface area contributed by atoms with Crippen molar-refractivity contribution in [1.82, 2.24) is 4.98 Å². The Balaban J connectivity index is 3.45. The normalized spacial score (nSPS) is 10.6. The summed E-state index contributed by atoms with van der Waals surface area (Å²) in [6, 6.07) is 0. The predicted molar refractivity (Wildman–Crippen MR) is 55.0 cm³/mol. The first kappa shape index (κ1) is 12.9. The van der Waals surface area contributed by atoms with Gasteiger partial charge in [0.2, 0.25) is 0 Å². The zero-order chi connectivity index (χ0) is 12.5. The summed E-state index contributed by atoms with van der Waals surface area (Å²) in [6.45, 7) is 0. The molecular formula is C8H6Cl2F2N2O2. The molecule has 0 spiro atoms. The lowest BCUT2D eigenvalue weighted by Crippen LogP contribution is -2.11. The van der Waals surface area contributed by atoms with Crippen LogP contribution in [0.25, 0.3) is 0 Å². The summed E-state index contributed by atoms with van der Waals surface area (Å²) in [5, 5.41) is -1.06. The molecule has 16 heavy (non-hydrogen) atoms. The molecule has 0 aliphatic carbocycles. The minimum Gasteiger partial charge on any atom is -0.464 e. The number of rotatable bonds is 2. The van der Waals surface area contributed by atoms with Gasteiger partial charge in [-0.2, -0.15) is 0 Å². The van der Waals surface area contributed by atoms with Gasteiger partial charge in [-0.15, -0.1) is 0 Å². The number of anilines is 1. The number of esters is 1. The SMILES string of the molecule is COC(=O)c1nc(Cl)c(C(F)F)c(Cl)c1N. The van der Waals surface area contributed by atoms with Crippen molar-refractivity contribution in [2.45, 2.75) is 6.43 Å². The average Bonchev–Trinajstić information content (AvgIpc) is 2.22. The second-order valence-corrected chi connectivity index (χ2v) is 3.42. The lowest BCUT2D eigenvalue weighted by molar-refractivity contribution is 0.0595. The fourth-order valence-electron chi connectivity index (χ4n) is 0.996. The van der Waals surface area contributed by atoms with Crippen molar-refractivity contribution in [1.29, 1.82) is 0 Å². The number of carbonyl (C=O) groups is 1. The lowest BCUT2D eigenvalue weighted by Gasteiger charge is -2.10. The van der Waals surface area contributed by atoms with Gasteiger partial charge in [-0.1, -0.05) is 23.2 Å². The molecule has 0 fully saturated rings. The number of aromatic nitrogens is 1. The molecule has 0 radical (unpaired) electrons. The van der Waals surface area contributed by atoms with E-state index in [9.17, 15) is 13.6 Å². The third-order valence-electron chi connectivity index (χ3n) is 1.76. The first-order chi connectivity index (χ1) is 7.40. The van der Waals surface area contributed by atoms with Crippen LogP contribution in [0.2, 0.25) is 10.2 Å². The fraction of sp³-hybridized carbons (Fsp3) is 0.250. The van der Waals surface area contributed by atoms with Gasteiger partial charge in [0.05, 0.1) is 23.4 Å². The molecule has 2 N–H and O–H groups in total. The highest BCUT2D eigenvalue weighted by Gasteiger charge is 2.25. The molecule has 0 amide bonds. The van der Waals surface area contributed by atoms with Gasteiger partial charge in [0.1, 0.15) is 5.15 Å². The Kier molecular flexibility index (Phi) is 3.88. The number of ether oxygens (including phenoxy) is 1. The Morgan fingerprint density at radius 1 is 1.50 bits per heavy atom. The van der Waals surface area contributed by atoms with E-state index < -0.39 is 28.1 Å². The second kappa shape index (κ2) is 4.80. The molecule has 0 atom stereocenters. The van der Waals surface area contributed by atoms with Crippen LogP contribution in [0.4, 0.5) is 14.5 Å². The van der Waals surface area contributed by atoms with E-state index in [-0.39, 0.29) is 11.4 Å². The topological polar surface area (TPSA) is 65.2 Å². The van der Waals surface area contributed by atoms with Crippen LogP contribution < -0.4 is 5.73 Å². The fourth-order valence-corrected chi connectivity index (χ4v) is 1.57. The van der Waals surface area contributed by atoms with Crippen LogP contribution in [0.15, 0.2) is 0 Å². The van der Waals surface area contributed by atoms with Crippen LogP contribution in [0.3, 0.4) is 0 Å². The molecular weight excluding hydrogens is 265 g/mol. The molecule has 1 aromatic heterocycles. The Morgan fingerprint density at radius 2 is 2.06 bits per heavy atom. The standard InChI is InChI=1S/C8H6Cl2F2N2O2/c1-16-8(15)5-4(13)3(9)2(7(11)12)6(10)14-5/h7H,13H2,1H3. The van der Waals surface area contributed by atoms with Gasteiger partial charge in [0, 0.05) is 0 Å². The first-order valence-electron chi connectivity index (χ1n) is 3.91. The van der Waals surface area contributed by atoms with Gasteiger partial charge < -0.3 is 10.5 Å². The zero-order valence-corrected chi connectivity index (χ0v) is 9.44. The van der Waals surface area contributed by atoms with Crippen molar-refractivity contribution in [3.8, 4) is 0 Å². The molecule has 0 aliphatic rings. The van der Waals surface area contributed by atoms with Gasteiger partial charge in [0.25, 0.3) is 6.43 Å². The molecule has 0 saturated carbocycles. The van der Waals surface area contributed by atoms with Crippen molar-refractivity contribution >= 4 is 34.9 Å². The van der Waals surface area contributed by atoms with Crippen LogP contribution in [0.1, 0.15) is 22.5 Å². The molecule has 0 saturated heterocycles. The molecule has 0 aliphatic heterocycles. The van der Waals surface area contributed by atoms with E-state index in [4.69, 9.17) is 28.9 Å². The van der Waals surface area contributed by atoms with Crippen LogP contribution in [-0.2, 0) is 4.74 Å². The largest absolute Gasteiger partial charge is 0.464 e. The van der Waals surface area contributed by atoms with E-state index in [1.165, 1.54) is 0 Å². The first-order valence-corrected chi connectivity index (χ1v) is 4.66. The van der Waals surface area contributed by atoms with E-state index in [0.717, 1.165) is 7.11 Å². The number of halogens is 4. The maximum absolute atomic E-state index is 12.5. The molecule has 0 unspecified atom stereocenters. The number of nitrogens with two attached hydrogens (primary N) is 1. The average molecular weight is 271 g/mol. The van der Waals surface area contributed by atoms with Crippen LogP contribution in [-0.4, -0.2) is 18.1 Å². The van der Waals surface area contributed by atoms with Gasteiger partial charge in [-0.05, 0) is 0 Å². The Hall–Kier alpha value is -1.14. The monoisotopic (exact) mass is 270 g/mol. The van der Waals surface area contributed by atoms with Crippen LogP contribution in [0, 0.1) is 0 Å². The predicted octanol–water partition coefficient (Wildman–Crippen LogP) is 2.69. The van der Waals surface area contributed by atoms with E-state index >= 15 is 0 Å². The molecule has 0 bridgehead atoms. The second-order valence-electron chi connectivity index (χ2n) is 2.68. The zero-order valence-electron chi connectivity index (χ0n) is 7.93. The summed E-state index contributed by atoms with van der Waals surface area (Å²) in [6.07, 6.45) is -2.93. The Morgan fingerprint density at radius 3 is 2.50 bits per heavy atom. The number of nitrogens with zero attached hydrogens (tertiary/aromatic N) is 1. The minimum atomic E-state index is -2.93. The summed E-state index contributed by atoms with van der Waals surface area (Å²) in [5.74, 6) is -0.901. The third-order valence-corrected chi connectivity index (χ3v) is 2.45. The van der Waals surface area contributed by atoms with Gasteiger partial charge in [-0.3, -0.25) is 0 Å². The Labute approximate surface area is 99.3 Å². The number of alkyl halides is 2. The smallest absolute Gasteiger partial charge is 0.358 e. The molecule has 8 heteroatoms. The van der Waals surface area contributed by atoms with Crippen LogP contribution in [0.5, 0.6) is 0 Å². The summed E-state index contributed by atoms with van der Waals surface area (Å²) in [7, 11) is 1.09. The highest BCUT2D eigenvalue weighted by molar-refractivity contribution is 6.37. The van der Waals surface area contributed by atoms with Crippen molar-refractivity contribution in [3.63, 3.8) is 0 Å². The summed E-state index contributed by atoms with van der Waals surface area (Å²) < 4.78 is 29.3. The molecule has 0 aromatic carbocycles. The summed E-state index contributed by atoms with van der Waals surface area (Å²) >= 11 is 11.0. The van der Waals surface area contributed by atoms with Crippen molar-refractivity contribution in [3.05, 3.63) is 21.4 Å². The highest BCUT2D eigenvalue weighted by Crippen LogP contribution is 2.37. The number of hydrogen-bond acceptors (Lipinski definition) is 4. The summed E-state index contributed by atoms with van der Waals surface area (Å²) in [5.41, 5.74) is 3.91. The Bertz CT molecular complexity index is 441. The number of pyridine rings is 1. The molecule has 88 valence electrons. The van der Waals surface area contributed by atoms with Crippen molar-refractivity contribution < 1.29 is 18.3 Å². The van der Waals surface area contributed by atoms with Gasteiger partial charge in [0.15, 0.2) is 5.69 Å².